The van der Waals surface area contributed by atoms with E-state index in [9.17, 15) is 9.59 Å². The first kappa shape index (κ1) is 19.3. The first-order valence-electron chi connectivity index (χ1n) is 7.89. The molecule has 8 nitrogen and oxygen atoms in total. The maximum Gasteiger partial charge on any atom is 0.341 e. The number of urea groups is 1. The summed E-state index contributed by atoms with van der Waals surface area (Å²) in [5, 5.41) is 2.71. The van der Waals surface area contributed by atoms with Crippen LogP contribution in [0.4, 0.5) is 4.79 Å². The molecule has 0 fully saturated rings. The molecule has 0 aliphatic carbocycles. The van der Waals surface area contributed by atoms with E-state index in [1.165, 1.54) is 27.4 Å². The van der Waals surface area contributed by atoms with Crippen LogP contribution in [0.25, 0.3) is 0 Å². The Balaban J connectivity index is 2.52. The monoisotopic (exact) mass is 362 g/mol. The Bertz CT molecular complexity index is 718. The number of carbonyl (C=O) groups is 2. The molecule has 0 saturated heterocycles. The fraction of sp³-hybridized carbons (Fsp3) is 0.389. The van der Waals surface area contributed by atoms with Gasteiger partial charge in [0, 0.05) is 5.71 Å². The highest BCUT2D eigenvalue weighted by Gasteiger charge is 2.38. The molecule has 2 amide bonds. The van der Waals surface area contributed by atoms with Gasteiger partial charge >= 0.3 is 12.0 Å². The normalized spacial score (nSPS) is 19.1. The SMILES string of the molecule is C=CCOC(=O)C1C(C)=NC(=O)NC1c1cc(OC)c(OC)c(OC)c1. The van der Waals surface area contributed by atoms with Gasteiger partial charge in [0.1, 0.15) is 12.5 Å². The molecular weight excluding hydrogens is 340 g/mol. The molecule has 0 bridgehead atoms. The van der Waals surface area contributed by atoms with Gasteiger partial charge < -0.3 is 24.3 Å². The van der Waals surface area contributed by atoms with Crippen LogP contribution in [0.3, 0.4) is 0 Å². The molecule has 0 radical (unpaired) electrons. The van der Waals surface area contributed by atoms with Gasteiger partial charge in [0.05, 0.1) is 27.4 Å². The van der Waals surface area contributed by atoms with Crippen molar-refractivity contribution in [1.82, 2.24) is 5.32 Å². The van der Waals surface area contributed by atoms with Gasteiger partial charge in [-0.2, -0.15) is 0 Å². The lowest BCUT2D eigenvalue weighted by molar-refractivity contribution is -0.145. The number of nitrogens with zero attached hydrogens (tertiary/aromatic N) is 1. The number of carbonyl (C=O) groups excluding carboxylic acids is 2. The van der Waals surface area contributed by atoms with Crippen LogP contribution in [0, 0.1) is 5.92 Å². The van der Waals surface area contributed by atoms with Crippen molar-refractivity contribution in [2.75, 3.05) is 27.9 Å². The van der Waals surface area contributed by atoms with Crippen LogP contribution < -0.4 is 19.5 Å². The molecule has 0 saturated carbocycles. The molecule has 140 valence electrons. The highest BCUT2D eigenvalue weighted by Crippen LogP contribution is 2.41. The van der Waals surface area contributed by atoms with Crippen LogP contribution in [-0.2, 0) is 9.53 Å². The second-order valence-electron chi connectivity index (χ2n) is 5.54. The maximum absolute atomic E-state index is 12.5. The number of esters is 1. The Hall–Kier alpha value is -3.03. The number of rotatable bonds is 7. The zero-order valence-corrected chi connectivity index (χ0v) is 15.2. The van der Waals surface area contributed by atoms with E-state index in [2.05, 4.69) is 16.9 Å². The number of methoxy groups -OCH3 is 3. The van der Waals surface area contributed by atoms with Crippen molar-refractivity contribution in [1.29, 1.82) is 0 Å². The van der Waals surface area contributed by atoms with Gasteiger partial charge in [-0.3, -0.25) is 4.79 Å². The van der Waals surface area contributed by atoms with Crippen molar-refractivity contribution in [3.05, 3.63) is 30.4 Å². The molecule has 26 heavy (non-hydrogen) atoms. The zero-order valence-electron chi connectivity index (χ0n) is 15.2. The van der Waals surface area contributed by atoms with Crippen LogP contribution in [0.1, 0.15) is 18.5 Å². The van der Waals surface area contributed by atoms with E-state index in [1.807, 2.05) is 0 Å². The van der Waals surface area contributed by atoms with E-state index >= 15 is 0 Å². The number of benzene rings is 1. The van der Waals surface area contributed by atoms with Crippen LogP contribution in [-0.4, -0.2) is 45.6 Å². The van der Waals surface area contributed by atoms with Crippen molar-refractivity contribution in [2.45, 2.75) is 13.0 Å². The Morgan fingerprint density at radius 1 is 1.23 bits per heavy atom. The lowest BCUT2D eigenvalue weighted by Gasteiger charge is -2.30. The molecule has 2 unspecified atom stereocenters. The van der Waals surface area contributed by atoms with Crippen LogP contribution >= 0.6 is 0 Å². The van der Waals surface area contributed by atoms with Gasteiger partial charge in [0.2, 0.25) is 5.75 Å². The van der Waals surface area contributed by atoms with Gasteiger partial charge in [-0.05, 0) is 24.6 Å². The highest BCUT2D eigenvalue weighted by molar-refractivity contribution is 6.08. The molecule has 0 aromatic heterocycles. The van der Waals surface area contributed by atoms with E-state index in [0.717, 1.165) is 0 Å². The minimum atomic E-state index is -0.782. The van der Waals surface area contributed by atoms with Crippen LogP contribution in [0.5, 0.6) is 17.2 Å². The summed E-state index contributed by atoms with van der Waals surface area (Å²) < 4.78 is 21.2. The lowest BCUT2D eigenvalue weighted by Crippen LogP contribution is -2.44. The second kappa shape index (κ2) is 8.37. The first-order chi connectivity index (χ1) is 12.5. The molecule has 1 heterocycles. The van der Waals surface area contributed by atoms with Gasteiger partial charge in [0.25, 0.3) is 0 Å². The van der Waals surface area contributed by atoms with E-state index in [4.69, 9.17) is 18.9 Å². The molecule has 1 aromatic carbocycles. The van der Waals surface area contributed by atoms with E-state index in [0.29, 0.717) is 28.5 Å². The lowest BCUT2D eigenvalue weighted by atomic mass is 9.88. The summed E-state index contributed by atoms with van der Waals surface area (Å²) in [6.07, 6.45) is 1.47. The molecule has 1 N–H and O–H groups in total. The smallest absolute Gasteiger partial charge is 0.341 e. The van der Waals surface area contributed by atoms with Crippen molar-refractivity contribution in [3.8, 4) is 17.2 Å². The summed E-state index contributed by atoms with van der Waals surface area (Å²) in [5.74, 6) is -0.0543. The minimum Gasteiger partial charge on any atom is -0.493 e. The average Bonchev–Trinajstić information content (AvgIpc) is 2.64. The van der Waals surface area contributed by atoms with Crippen molar-refractivity contribution in [2.24, 2.45) is 10.9 Å². The second-order valence-corrected chi connectivity index (χ2v) is 5.54. The molecule has 2 rings (SSSR count). The summed E-state index contributed by atoms with van der Waals surface area (Å²) in [5.41, 5.74) is 0.962. The van der Waals surface area contributed by atoms with E-state index in [-0.39, 0.29) is 6.61 Å². The molecule has 2 atom stereocenters. The fourth-order valence-corrected chi connectivity index (χ4v) is 2.81. The summed E-state index contributed by atoms with van der Waals surface area (Å²) in [7, 11) is 4.47. The predicted molar refractivity (Wildman–Crippen MR) is 95.1 cm³/mol. The Labute approximate surface area is 151 Å². The number of aliphatic imine (C=N–C) groups is 1. The fourth-order valence-electron chi connectivity index (χ4n) is 2.81. The highest BCUT2D eigenvalue weighted by atomic mass is 16.5. The largest absolute Gasteiger partial charge is 0.493 e. The summed E-state index contributed by atoms with van der Waals surface area (Å²) in [4.78, 5) is 28.3. The van der Waals surface area contributed by atoms with E-state index in [1.54, 1.807) is 19.1 Å². The number of ether oxygens (including phenoxy) is 4. The number of amides is 2. The molecular formula is C18H22N2O6. The molecule has 1 aliphatic heterocycles. The summed E-state index contributed by atoms with van der Waals surface area (Å²) >= 11 is 0. The average molecular weight is 362 g/mol. The quantitative estimate of drug-likeness (QED) is 0.591. The third-order valence-electron chi connectivity index (χ3n) is 3.98. The Morgan fingerprint density at radius 3 is 2.35 bits per heavy atom. The molecule has 1 aliphatic rings. The topological polar surface area (TPSA) is 95.5 Å². The Morgan fingerprint density at radius 2 is 1.85 bits per heavy atom. The number of hydrogen-bond acceptors (Lipinski definition) is 6. The predicted octanol–water partition coefficient (Wildman–Crippen LogP) is 2.28. The maximum atomic E-state index is 12.5. The summed E-state index contributed by atoms with van der Waals surface area (Å²) in [6.45, 7) is 5.21. The zero-order chi connectivity index (χ0) is 19.3. The van der Waals surface area contributed by atoms with Crippen molar-refractivity contribution in [3.63, 3.8) is 0 Å². The van der Waals surface area contributed by atoms with E-state index < -0.39 is 24.0 Å². The molecule has 1 aromatic rings. The number of nitrogens with one attached hydrogen (secondary N) is 1. The molecule has 0 spiro atoms. The van der Waals surface area contributed by atoms with Crippen LogP contribution in [0.2, 0.25) is 0 Å². The third-order valence-corrected chi connectivity index (χ3v) is 3.98. The standard InChI is InChI=1S/C18H22N2O6/c1-6-7-26-17(21)14-10(2)19-18(22)20-15(14)11-8-12(23-3)16(25-5)13(9-11)24-4/h6,8-9,14-15H,1,7H2,2-5H3,(H,20,22). The van der Waals surface area contributed by atoms with Gasteiger partial charge in [-0.15, -0.1) is 0 Å². The third kappa shape index (κ3) is 3.79. The minimum absolute atomic E-state index is 0.0680. The van der Waals surface area contributed by atoms with Crippen LogP contribution in [0.15, 0.2) is 29.8 Å². The Kier molecular flexibility index (Phi) is 6.21. The first-order valence-corrected chi connectivity index (χ1v) is 7.89. The molecule has 8 heteroatoms. The van der Waals surface area contributed by atoms with Crippen molar-refractivity contribution >= 4 is 17.7 Å². The van der Waals surface area contributed by atoms with Gasteiger partial charge in [-0.25, -0.2) is 9.79 Å². The van der Waals surface area contributed by atoms with Crippen molar-refractivity contribution < 1.29 is 28.5 Å². The number of hydrogen-bond donors (Lipinski definition) is 1. The van der Waals surface area contributed by atoms with Gasteiger partial charge in [0.15, 0.2) is 11.5 Å². The summed E-state index contributed by atoms with van der Waals surface area (Å²) in [6, 6.07) is 2.14. The van der Waals surface area contributed by atoms with Gasteiger partial charge in [-0.1, -0.05) is 12.7 Å².